The molecule has 0 bridgehead atoms. The van der Waals surface area contributed by atoms with Crippen molar-refractivity contribution in [2.45, 2.75) is 25.3 Å². The summed E-state index contributed by atoms with van der Waals surface area (Å²) in [6, 6.07) is 9.09. The Morgan fingerprint density at radius 3 is 2.41 bits per heavy atom. The zero-order valence-corrected chi connectivity index (χ0v) is 10.9. The summed E-state index contributed by atoms with van der Waals surface area (Å²) in [4.78, 5) is 5.10. The smallest absolute Gasteiger partial charge is 0.0426 e. The van der Waals surface area contributed by atoms with E-state index in [1.807, 2.05) is 12.1 Å². The second-order valence-corrected chi connectivity index (χ2v) is 5.52. The van der Waals surface area contributed by atoms with Gasteiger partial charge in [-0.25, -0.2) is 0 Å². The van der Waals surface area contributed by atoms with Gasteiger partial charge in [-0.3, -0.25) is 4.90 Å². The Balaban J connectivity index is 1.60. The zero-order chi connectivity index (χ0) is 11.7. The quantitative estimate of drug-likeness (QED) is 0.796. The van der Waals surface area contributed by atoms with Crippen LogP contribution >= 0.6 is 11.6 Å². The fourth-order valence-corrected chi connectivity index (χ4v) is 2.95. The van der Waals surface area contributed by atoms with E-state index in [-0.39, 0.29) is 0 Å². The molecule has 1 aromatic rings. The number of nitrogens with zero attached hydrogens (tertiary/aromatic N) is 2. The summed E-state index contributed by atoms with van der Waals surface area (Å²) in [5.41, 5.74) is 1.27. The van der Waals surface area contributed by atoms with Gasteiger partial charge in [-0.1, -0.05) is 24.1 Å². The van der Waals surface area contributed by atoms with Gasteiger partial charge in [0, 0.05) is 42.9 Å². The van der Waals surface area contributed by atoms with Crippen LogP contribution in [0, 0.1) is 0 Å². The largest absolute Gasteiger partial charge is 0.369 e. The van der Waals surface area contributed by atoms with Gasteiger partial charge in [-0.15, -0.1) is 0 Å². The van der Waals surface area contributed by atoms with Crippen LogP contribution in [0.15, 0.2) is 24.3 Å². The number of anilines is 1. The van der Waals surface area contributed by atoms with Crippen molar-refractivity contribution >= 4 is 17.3 Å². The van der Waals surface area contributed by atoms with E-state index in [2.05, 4.69) is 21.9 Å². The van der Waals surface area contributed by atoms with Crippen LogP contribution < -0.4 is 4.90 Å². The molecule has 2 nitrogen and oxygen atoms in total. The fourth-order valence-electron chi connectivity index (χ4n) is 2.77. The maximum absolute atomic E-state index is 6.04. The Labute approximate surface area is 108 Å². The second kappa shape index (κ2) is 4.87. The standard InChI is InChI=1S/C14H19ClN2/c15-12-3-1-6-14(11-12)17-9-7-16(8-10-17)13-4-2-5-13/h1,3,6,11,13H,2,4-5,7-10H2. The highest BCUT2D eigenvalue weighted by atomic mass is 35.5. The predicted octanol–water partition coefficient (Wildman–Crippen LogP) is 3.01. The highest BCUT2D eigenvalue weighted by Gasteiger charge is 2.27. The number of rotatable bonds is 2. The monoisotopic (exact) mass is 250 g/mol. The van der Waals surface area contributed by atoms with E-state index in [9.17, 15) is 0 Å². The number of hydrogen-bond donors (Lipinski definition) is 0. The van der Waals surface area contributed by atoms with Gasteiger partial charge in [0.25, 0.3) is 0 Å². The van der Waals surface area contributed by atoms with Crippen molar-refractivity contribution in [1.29, 1.82) is 0 Å². The summed E-state index contributed by atoms with van der Waals surface area (Å²) < 4.78 is 0. The average Bonchev–Trinajstić information content (AvgIpc) is 2.28. The summed E-state index contributed by atoms with van der Waals surface area (Å²) in [6.45, 7) is 4.68. The first kappa shape index (κ1) is 11.4. The number of benzene rings is 1. The average molecular weight is 251 g/mol. The third kappa shape index (κ3) is 2.43. The molecular formula is C14H19ClN2. The van der Waals surface area contributed by atoms with E-state index in [1.165, 1.54) is 38.0 Å². The maximum atomic E-state index is 6.04. The normalized spacial score (nSPS) is 22.5. The van der Waals surface area contributed by atoms with Gasteiger partial charge in [-0.2, -0.15) is 0 Å². The first-order chi connectivity index (χ1) is 8.33. The molecule has 92 valence electrons. The van der Waals surface area contributed by atoms with Crippen molar-refractivity contribution in [2.75, 3.05) is 31.1 Å². The van der Waals surface area contributed by atoms with E-state index in [1.54, 1.807) is 0 Å². The molecule has 2 fully saturated rings. The molecule has 0 aromatic heterocycles. The molecule has 1 aliphatic carbocycles. The molecule has 0 N–H and O–H groups in total. The third-order valence-corrected chi connectivity index (χ3v) is 4.31. The first-order valence-corrected chi connectivity index (χ1v) is 6.95. The maximum Gasteiger partial charge on any atom is 0.0426 e. The van der Waals surface area contributed by atoms with Crippen molar-refractivity contribution < 1.29 is 0 Å². The van der Waals surface area contributed by atoms with Crippen LogP contribution in [0.2, 0.25) is 5.02 Å². The Morgan fingerprint density at radius 2 is 1.82 bits per heavy atom. The molecule has 0 atom stereocenters. The second-order valence-electron chi connectivity index (χ2n) is 5.09. The van der Waals surface area contributed by atoms with Gasteiger partial charge in [0.1, 0.15) is 0 Å². The van der Waals surface area contributed by atoms with Gasteiger partial charge in [0.05, 0.1) is 0 Å². The van der Waals surface area contributed by atoms with Gasteiger partial charge in [0.15, 0.2) is 0 Å². The van der Waals surface area contributed by atoms with Crippen molar-refractivity contribution in [3.8, 4) is 0 Å². The van der Waals surface area contributed by atoms with Crippen LogP contribution in [0.3, 0.4) is 0 Å². The van der Waals surface area contributed by atoms with Crippen LogP contribution in [0.1, 0.15) is 19.3 Å². The molecule has 0 spiro atoms. The topological polar surface area (TPSA) is 6.48 Å². The minimum absolute atomic E-state index is 0.837. The molecule has 2 aliphatic rings. The molecule has 1 saturated heterocycles. The minimum atomic E-state index is 0.837. The Kier molecular flexibility index (Phi) is 3.26. The van der Waals surface area contributed by atoms with E-state index < -0.39 is 0 Å². The summed E-state index contributed by atoms with van der Waals surface area (Å²) in [5.74, 6) is 0. The third-order valence-electron chi connectivity index (χ3n) is 4.08. The summed E-state index contributed by atoms with van der Waals surface area (Å²) >= 11 is 6.04. The van der Waals surface area contributed by atoms with Crippen LogP contribution in [0.25, 0.3) is 0 Å². The summed E-state index contributed by atoms with van der Waals surface area (Å²) in [7, 11) is 0. The molecule has 1 aliphatic heterocycles. The molecule has 3 heteroatoms. The van der Waals surface area contributed by atoms with E-state index >= 15 is 0 Å². The lowest BCUT2D eigenvalue weighted by Crippen LogP contribution is -2.52. The molecule has 0 radical (unpaired) electrons. The van der Waals surface area contributed by atoms with E-state index in [0.29, 0.717) is 0 Å². The minimum Gasteiger partial charge on any atom is -0.369 e. The molecule has 0 unspecified atom stereocenters. The Hall–Kier alpha value is -0.730. The molecule has 1 aromatic carbocycles. The van der Waals surface area contributed by atoms with Crippen molar-refractivity contribution in [3.63, 3.8) is 0 Å². The van der Waals surface area contributed by atoms with Crippen LogP contribution in [0.4, 0.5) is 5.69 Å². The van der Waals surface area contributed by atoms with Crippen molar-refractivity contribution in [1.82, 2.24) is 4.90 Å². The van der Waals surface area contributed by atoms with Crippen LogP contribution in [0.5, 0.6) is 0 Å². The Morgan fingerprint density at radius 1 is 1.06 bits per heavy atom. The number of halogens is 1. The molecule has 1 heterocycles. The van der Waals surface area contributed by atoms with Gasteiger partial charge in [-0.05, 0) is 31.0 Å². The van der Waals surface area contributed by atoms with Crippen LogP contribution in [-0.4, -0.2) is 37.1 Å². The van der Waals surface area contributed by atoms with Crippen LogP contribution in [-0.2, 0) is 0 Å². The lowest BCUT2D eigenvalue weighted by atomic mass is 9.91. The molecular weight excluding hydrogens is 232 g/mol. The van der Waals surface area contributed by atoms with Gasteiger partial charge in [0.2, 0.25) is 0 Å². The van der Waals surface area contributed by atoms with Gasteiger partial charge >= 0.3 is 0 Å². The summed E-state index contributed by atoms with van der Waals surface area (Å²) in [5, 5.41) is 0.837. The molecule has 3 rings (SSSR count). The van der Waals surface area contributed by atoms with E-state index in [0.717, 1.165) is 24.2 Å². The first-order valence-electron chi connectivity index (χ1n) is 6.57. The highest BCUT2D eigenvalue weighted by Crippen LogP contribution is 2.27. The lowest BCUT2D eigenvalue weighted by Gasteiger charge is -2.43. The zero-order valence-electron chi connectivity index (χ0n) is 10.1. The predicted molar refractivity (Wildman–Crippen MR) is 72.9 cm³/mol. The lowest BCUT2D eigenvalue weighted by molar-refractivity contribution is 0.120. The van der Waals surface area contributed by atoms with Crippen molar-refractivity contribution in [2.24, 2.45) is 0 Å². The summed E-state index contributed by atoms with van der Waals surface area (Å²) in [6.07, 6.45) is 4.26. The van der Waals surface area contributed by atoms with Gasteiger partial charge < -0.3 is 4.90 Å². The molecule has 1 saturated carbocycles. The van der Waals surface area contributed by atoms with Crippen molar-refractivity contribution in [3.05, 3.63) is 29.3 Å². The molecule has 0 amide bonds. The SMILES string of the molecule is Clc1cccc(N2CCN(C3CCC3)CC2)c1. The fraction of sp³-hybridized carbons (Fsp3) is 0.571. The number of piperazine rings is 1. The van der Waals surface area contributed by atoms with E-state index in [4.69, 9.17) is 11.6 Å². The Bertz CT molecular complexity index is 382. The number of hydrogen-bond acceptors (Lipinski definition) is 2. The molecule has 17 heavy (non-hydrogen) atoms. The highest BCUT2D eigenvalue weighted by molar-refractivity contribution is 6.30.